The Balaban J connectivity index is 1.52. The summed E-state index contributed by atoms with van der Waals surface area (Å²) in [4.78, 5) is 16.0. The normalized spacial score (nSPS) is 10.6. The van der Waals surface area contributed by atoms with Crippen LogP contribution in [0.5, 0.6) is 5.75 Å². The highest BCUT2D eigenvalue weighted by Crippen LogP contribution is 2.14. The van der Waals surface area contributed by atoms with E-state index in [1.165, 1.54) is 0 Å². The van der Waals surface area contributed by atoms with Gasteiger partial charge in [-0.25, -0.2) is 9.78 Å². The van der Waals surface area contributed by atoms with Crippen molar-refractivity contribution in [2.24, 2.45) is 7.05 Å². The molecule has 1 heterocycles. The van der Waals surface area contributed by atoms with E-state index in [-0.39, 0.29) is 0 Å². The summed E-state index contributed by atoms with van der Waals surface area (Å²) in [5, 5.41) is 2.75. The van der Waals surface area contributed by atoms with E-state index < -0.39 is 6.09 Å². The lowest BCUT2D eigenvalue weighted by Crippen LogP contribution is -2.28. The highest BCUT2D eigenvalue weighted by Gasteiger charge is 2.04. The summed E-state index contributed by atoms with van der Waals surface area (Å²) >= 11 is 0. The van der Waals surface area contributed by atoms with Gasteiger partial charge in [-0.15, -0.1) is 0 Å². The largest absolute Gasteiger partial charge is 0.412 e. The van der Waals surface area contributed by atoms with E-state index in [9.17, 15) is 4.79 Å². The summed E-state index contributed by atoms with van der Waals surface area (Å²) in [6, 6.07) is 15.1. The van der Waals surface area contributed by atoms with Crippen molar-refractivity contribution < 1.29 is 9.53 Å². The van der Waals surface area contributed by atoms with E-state index in [1.54, 1.807) is 18.5 Å². The van der Waals surface area contributed by atoms with E-state index in [4.69, 9.17) is 4.74 Å². The molecule has 22 heavy (non-hydrogen) atoms. The summed E-state index contributed by atoms with van der Waals surface area (Å²) in [5.41, 5.74) is 3.19. The zero-order valence-corrected chi connectivity index (χ0v) is 12.3. The van der Waals surface area contributed by atoms with Gasteiger partial charge in [-0.2, -0.15) is 0 Å². The van der Waals surface area contributed by atoms with E-state index in [2.05, 4.69) is 10.3 Å². The highest BCUT2D eigenvalue weighted by atomic mass is 16.5. The van der Waals surface area contributed by atoms with Crippen molar-refractivity contribution >= 4 is 17.1 Å². The summed E-state index contributed by atoms with van der Waals surface area (Å²) in [6.45, 7) is 0.518. The van der Waals surface area contributed by atoms with Crippen LogP contribution in [0.25, 0.3) is 11.0 Å². The minimum absolute atomic E-state index is 0.440. The summed E-state index contributed by atoms with van der Waals surface area (Å²) in [5.74, 6) is 0.537. The zero-order valence-electron chi connectivity index (χ0n) is 12.3. The number of hydrogen-bond donors (Lipinski definition) is 1. The van der Waals surface area contributed by atoms with Crippen molar-refractivity contribution in [3.8, 4) is 5.75 Å². The highest BCUT2D eigenvalue weighted by molar-refractivity contribution is 5.76. The topological polar surface area (TPSA) is 56.2 Å². The molecular weight excluding hydrogens is 278 g/mol. The third kappa shape index (κ3) is 3.25. The molecule has 1 aromatic heterocycles. The van der Waals surface area contributed by atoms with Crippen molar-refractivity contribution in [3.63, 3.8) is 0 Å². The maximum Gasteiger partial charge on any atom is 0.412 e. The van der Waals surface area contributed by atoms with Gasteiger partial charge in [0.15, 0.2) is 0 Å². The lowest BCUT2D eigenvalue weighted by atomic mass is 10.1. The third-order valence-corrected chi connectivity index (χ3v) is 3.43. The number of rotatable bonds is 4. The lowest BCUT2D eigenvalue weighted by Gasteiger charge is -2.06. The first kappa shape index (κ1) is 14.1. The van der Waals surface area contributed by atoms with Crippen molar-refractivity contribution in [3.05, 3.63) is 60.4 Å². The van der Waals surface area contributed by atoms with Gasteiger partial charge in [-0.3, -0.25) is 0 Å². The molecule has 0 fully saturated rings. The number of imidazole rings is 1. The second kappa shape index (κ2) is 6.30. The van der Waals surface area contributed by atoms with Crippen LogP contribution in [0.1, 0.15) is 5.56 Å². The Bertz CT molecular complexity index is 781. The fourth-order valence-corrected chi connectivity index (χ4v) is 2.28. The first-order valence-electron chi connectivity index (χ1n) is 7.13. The van der Waals surface area contributed by atoms with Gasteiger partial charge in [-0.1, -0.05) is 24.3 Å². The molecule has 1 amide bonds. The molecule has 0 atom stereocenters. The van der Waals surface area contributed by atoms with Gasteiger partial charge in [0, 0.05) is 13.6 Å². The molecule has 0 saturated heterocycles. The van der Waals surface area contributed by atoms with Crippen LogP contribution < -0.4 is 10.1 Å². The van der Waals surface area contributed by atoms with Gasteiger partial charge >= 0.3 is 6.09 Å². The molecule has 0 saturated carbocycles. The van der Waals surface area contributed by atoms with Gasteiger partial charge in [-0.05, 0) is 36.2 Å². The third-order valence-electron chi connectivity index (χ3n) is 3.43. The second-order valence-corrected chi connectivity index (χ2v) is 5.06. The summed E-state index contributed by atoms with van der Waals surface area (Å²) in [6.07, 6.45) is 2.09. The van der Waals surface area contributed by atoms with Crippen LogP contribution in [-0.2, 0) is 13.5 Å². The molecule has 112 valence electrons. The van der Waals surface area contributed by atoms with Crippen LogP contribution >= 0.6 is 0 Å². The number of carbonyl (C=O) groups is 1. The summed E-state index contributed by atoms with van der Waals surface area (Å²) in [7, 11) is 1.97. The molecule has 3 rings (SSSR count). The number of amides is 1. The number of aromatic nitrogens is 2. The van der Waals surface area contributed by atoms with Crippen molar-refractivity contribution in [1.82, 2.24) is 14.9 Å². The molecule has 0 spiro atoms. The maximum absolute atomic E-state index is 11.7. The Kier molecular flexibility index (Phi) is 4.05. The molecule has 5 nitrogen and oxygen atoms in total. The first-order valence-corrected chi connectivity index (χ1v) is 7.13. The molecule has 0 radical (unpaired) electrons. The molecule has 0 unspecified atom stereocenters. The molecule has 2 aromatic carbocycles. The molecule has 0 bridgehead atoms. The molecule has 0 aliphatic rings. The molecule has 0 aliphatic heterocycles. The minimum Gasteiger partial charge on any atom is -0.410 e. The Labute approximate surface area is 128 Å². The maximum atomic E-state index is 11.7. The van der Waals surface area contributed by atoms with E-state index in [1.807, 2.05) is 48.0 Å². The lowest BCUT2D eigenvalue weighted by molar-refractivity contribution is 0.200. The first-order chi connectivity index (χ1) is 10.7. The van der Waals surface area contributed by atoms with Crippen molar-refractivity contribution in [2.75, 3.05) is 6.54 Å². The van der Waals surface area contributed by atoms with Gasteiger partial charge < -0.3 is 14.6 Å². The molecule has 5 heteroatoms. The number of aryl methyl sites for hydroxylation is 1. The van der Waals surface area contributed by atoms with Gasteiger partial charge in [0.05, 0.1) is 17.4 Å². The van der Waals surface area contributed by atoms with E-state index >= 15 is 0 Å². The Hall–Kier alpha value is -2.82. The average Bonchev–Trinajstić information content (AvgIpc) is 2.89. The number of hydrogen-bond acceptors (Lipinski definition) is 3. The number of ether oxygens (including phenoxy) is 1. The van der Waals surface area contributed by atoms with Crippen LogP contribution in [-0.4, -0.2) is 22.2 Å². The molecule has 1 N–H and O–H groups in total. The number of benzene rings is 2. The fraction of sp³-hybridized carbons (Fsp3) is 0.176. The van der Waals surface area contributed by atoms with Crippen LogP contribution in [0.15, 0.2) is 54.9 Å². The Morgan fingerprint density at radius 3 is 2.86 bits per heavy atom. The van der Waals surface area contributed by atoms with Crippen molar-refractivity contribution in [2.45, 2.75) is 6.42 Å². The SMILES string of the molecule is Cn1cnc2cc(CCNC(=O)Oc3ccccc3)ccc21. The van der Waals surface area contributed by atoms with E-state index in [0.29, 0.717) is 12.3 Å². The standard InChI is InChI=1S/C17H17N3O2/c1-20-12-19-15-11-13(7-8-16(15)20)9-10-18-17(21)22-14-5-3-2-4-6-14/h2-8,11-12H,9-10H2,1H3,(H,18,21). The molecule has 0 aliphatic carbocycles. The smallest absolute Gasteiger partial charge is 0.410 e. The van der Waals surface area contributed by atoms with Crippen LogP contribution in [0.3, 0.4) is 0 Å². The van der Waals surface area contributed by atoms with Gasteiger partial charge in [0.25, 0.3) is 0 Å². The minimum atomic E-state index is -0.440. The van der Waals surface area contributed by atoms with Crippen LogP contribution in [0, 0.1) is 0 Å². The average molecular weight is 295 g/mol. The van der Waals surface area contributed by atoms with Crippen LogP contribution in [0.4, 0.5) is 4.79 Å². The Morgan fingerprint density at radius 1 is 1.23 bits per heavy atom. The predicted molar refractivity (Wildman–Crippen MR) is 84.9 cm³/mol. The number of fused-ring (bicyclic) bond motifs is 1. The quantitative estimate of drug-likeness (QED) is 0.805. The number of nitrogens with one attached hydrogen (secondary N) is 1. The molecular formula is C17H17N3O2. The van der Waals surface area contributed by atoms with Gasteiger partial charge in [0.1, 0.15) is 5.75 Å². The zero-order chi connectivity index (χ0) is 15.4. The molecule has 3 aromatic rings. The Morgan fingerprint density at radius 2 is 2.05 bits per heavy atom. The monoisotopic (exact) mass is 295 g/mol. The second-order valence-electron chi connectivity index (χ2n) is 5.06. The fourth-order valence-electron chi connectivity index (χ4n) is 2.28. The van der Waals surface area contributed by atoms with Crippen LogP contribution in [0.2, 0.25) is 0 Å². The number of para-hydroxylation sites is 1. The summed E-state index contributed by atoms with van der Waals surface area (Å²) < 4.78 is 7.14. The van der Waals surface area contributed by atoms with Crippen molar-refractivity contribution in [1.29, 1.82) is 0 Å². The van der Waals surface area contributed by atoms with E-state index in [0.717, 1.165) is 23.0 Å². The number of nitrogens with zero attached hydrogens (tertiary/aromatic N) is 2. The predicted octanol–water partition coefficient (Wildman–Crippen LogP) is 2.90. The van der Waals surface area contributed by atoms with Gasteiger partial charge in [0.2, 0.25) is 0 Å². The number of carbonyl (C=O) groups excluding carboxylic acids is 1.